The van der Waals surface area contributed by atoms with E-state index in [0.717, 1.165) is 116 Å². The second-order valence-electron chi connectivity index (χ2n) is 20.4. The van der Waals surface area contributed by atoms with Crippen LogP contribution in [0.1, 0.15) is 264 Å². The molecule has 0 aliphatic rings. The van der Waals surface area contributed by atoms with Gasteiger partial charge in [-0.3, -0.25) is 4.79 Å². The maximum atomic E-state index is 12.5. The fourth-order valence-corrected chi connectivity index (χ4v) is 8.55. The van der Waals surface area contributed by atoms with E-state index in [4.69, 9.17) is 0 Å². The summed E-state index contributed by atoms with van der Waals surface area (Å²) < 4.78 is 0. The lowest BCUT2D eigenvalue weighted by Crippen LogP contribution is -2.45. The van der Waals surface area contributed by atoms with Gasteiger partial charge in [0.25, 0.3) is 0 Å². The zero-order valence-electron chi connectivity index (χ0n) is 48.8. The number of nitrogens with one attached hydrogen (secondary N) is 1. The Bertz CT molecular complexity index is 1590. The van der Waals surface area contributed by atoms with E-state index in [9.17, 15) is 15.0 Å². The molecule has 424 valence electrons. The number of carbonyl (C=O) groups is 1. The van der Waals surface area contributed by atoms with Crippen LogP contribution in [0.5, 0.6) is 0 Å². The molecule has 0 heterocycles. The van der Waals surface area contributed by atoms with Crippen LogP contribution in [0.4, 0.5) is 0 Å². The summed E-state index contributed by atoms with van der Waals surface area (Å²) in [6, 6.07) is -0.663. The number of carbonyl (C=O) groups excluding carboxylic acids is 1. The normalized spacial score (nSPS) is 13.9. The fourth-order valence-electron chi connectivity index (χ4n) is 8.55. The van der Waals surface area contributed by atoms with Crippen LogP contribution in [-0.4, -0.2) is 34.9 Å². The molecule has 0 saturated carbocycles. The van der Waals surface area contributed by atoms with Crippen LogP contribution in [0.3, 0.4) is 0 Å². The fraction of sp³-hybridized carbons (Fsp3) is 0.620. The van der Waals surface area contributed by atoms with Crippen molar-refractivity contribution in [2.24, 2.45) is 0 Å². The van der Waals surface area contributed by atoms with Crippen LogP contribution in [-0.2, 0) is 4.79 Å². The SMILES string of the molecule is CC/C=C\C/C=C\C/C=C\C/C=C\C/C=C\C/C=C\C/C=C\C/C=C\C/C=C\C/C=C\C/C=C\CCCCCCCC(=O)NC(CO)C(O)/C=C/CC/C=C/CCCCCCCCCCCCCCCCCCCC. The summed E-state index contributed by atoms with van der Waals surface area (Å²) >= 11 is 0. The Morgan fingerprint density at radius 3 is 0.933 bits per heavy atom. The lowest BCUT2D eigenvalue weighted by Gasteiger charge is -2.19. The van der Waals surface area contributed by atoms with Crippen LogP contribution in [0.25, 0.3) is 0 Å². The summed E-state index contributed by atoms with van der Waals surface area (Å²) in [7, 11) is 0. The molecule has 1 amide bonds. The number of hydrogen-bond acceptors (Lipinski definition) is 3. The molecule has 0 radical (unpaired) electrons. The zero-order valence-corrected chi connectivity index (χ0v) is 48.8. The molecule has 0 aromatic rings. The minimum atomic E-state index is -0.883. The van der Waals surface area contributed by atoms with Gasteiger partial charge in [0.15, 0.2) is 0 Å². The highest BCUT2D eigenvalue weighted by Gasteiger charge is 2.18. The molecule has 2 unspecified atom stereocenters. The number of hydrogen-bond donors (Lipinski definition) is 3. The Kier molecular flexibility index (Phi) is 60.9. The molecule has 0 aliphatic carbocycles. The smallest absolute Gasteiger partial charge is 0.220 e. The average Bonchev–Trinajstić information content (AvgIpc) is 3.41. The molecule has 0 aromatic heterocycles. The van der Waals surface area contributed by atoms with Gasteiger partial charge >= 0.3 is 0 Å². The van der Waals surface area contributed by atoms with Gasteiger partial charge in [-0.15, -0.1) is 0 Å². The average molecular weight is 1030 g/mol. The van der Waals surface area contributed by atoms with Crippen molar-refractivity contribution >= 4 is 5.91 Å². The van der Waals surface area contributed by atoms with E-state index >= 15 is 0 Å². The first-order valence-corrected chi connectivity index (χ1v) is 31.2. The first-order chi connectivity index (χ1) is 37.2. The van der Waals surface area contributed by atoms with Gasteiger partial charge in [-0.2, -0.15) is 0 Å². The van der Waals surface area contributed by atoms with Crippen molar-refractivity contribution in [3.63, 3.8) is 0 Å². The highest BCUT2D eigenvalue weighted by molar-refractivity contribution is 5.76. The summed E-state index contributed by atoms with van der Waals surface area (Å²) in [6.45, 7) is 4.18. The molecule has 0 fully saturated rings. The van der Waals surface area contributed by atoms with Crippen molar-refractivity contribution in [3.8, 4) is 0 Å². The highest BCUT2D eigenvalue weighted by Crippen LogP contribution is 2.15. The van der Waals surface area contributed by atoms with Gasteiger partial charge in [-0.25, -0.2) is 0 Å². The summed E-state index contributed by atoms with van der Waals surface area (Å²) in [5, 5.41) is 23.2. The predicted octanol–water partition coefficient (Wildman–Crippen LogP) is 21.3. The first kappa shape index (κ1) is 71.0. The summed E-state index contributed by atoms with van der Waals surface area (Å²) in [4.78, 5) is 12.5. The Hall–Kier alpha value is -3.99. The topological polar surface area (TPSA) is 69.6 Å². The molecule has 0 spiro atoms. The van der Waals surface area contributed by atoms with Crippen LogP contribution in [0, 0.1) is 0 Å². The highest BCUT2D eigenvalue weighted by atomic mass is 16.3. The van der Waals surface area contributed by atoms with Crippen molar-refractivity contribution in [2.45, 2.75) is 276 Å². The van der Waals surface area contributed by atoms with E-state index in [0.29, 0.717) is 6.42 Å². The summed E-state index contributed by atoms with van der Waals surface area (Å²) in [6.07, 6.45) is 103. The molecule has 0 rings (SSSR count). The number of unbranched alkanes of at least 4 members (excludes halogenated alkanes) is 24. The van der Waals surface area contributed by atoms with E-state index < -0.39 is 12.1 Å². The molecular weight excluding hydrogens is 915 g/mol. The number of allylic oxidation sites excluding steroid dienone is 25. The molecule has 2 atom stereocenters. The number of rotatable bonds is 55. The van der Waals surface area contributed by atoms with Gasteiger partial charge in [-0.1, -0.05) is 300 Å². The van der Waals surface area contributed by atoms with Crippen LogP contribution in [0.2, 0.25) is 0 Å². The van der Waals surface area contributed by atoms with Gasteiger partial charge in [-0.05, 0) is 116 Å². The zero-order chi connectivity index (χ0) is 54.1. The number of amides is 1. The van der Waals surface area contributed by atoms with Crippen molar-refractivity contribution in [3.05, 3.63) is 158 Å². The second kappa shape index (κ2) is 64.3. The second-order valence-corrected chi connectivity index (χ2v) is 20.4. The van der Waals surface area contributed by atoms with E-state index in [-0.39, 0.29) is 12.5 Å². The molecular formula is C71H117NO3. The standard InChI is InChI=1S/C71H117NO3/c1-3-5-7-9-11-13-15-17-19-21-23-25-27-29-30-31-32-33-34-35-36-37-38-39-40-41-42-43-45-47-49-51-53-55-57-59-61-63-65-67-71(75)72-69(68-73)70(74)66-64-62-60-58-56-54-52-50-48-46-44-28-26-24-22-20-18-16-14-12-10-8-6-4-2/h5,7,11,13,17,19,23,25,29-30,32-33,35-36,38-39,41-42,45,47,51,53,56,58,64,66,69-70,73-74H,3-4,6,8-10,12,14-16,18,20-22,24,26-28,31,34,37,40,43-44,46,48-50,52,54-55,57,59-63,65,67-68H2,1-2H3,(H,72,75)/b7-5-,13-11-,19-17-,25-23-,30-29-,33-32-,36-35-,39-38-,42-41-,47-45-,53-51-,58-56+,66-64+. The van der Waals surface area contributed by atoms with Gasteiger partial charge in [0.05, 0.1) is 18.8 Å². The molecule has 0 bridgehead atoms. The quantitative estimate of drug-likeness (QED) is 0.0420. The molecule has 4 heteroatoms. The van der Waals surface area contributed by atoms with Gasteiger partial charge in [0.1, 0.15) is 0 Å². The Balaban J connectivity index is 3.69. The molecule has 0 saturated heterocycles. The Labute approximate surface area is 465 Å². The van der Waals surface area contributed by atoms with Crippen molar-refractivity contribution in [1.29, 1.82) is 0 Å². The lowest BCUT2D eigenvalue weighted by molar-refractivity contribution is -0.123. The Morgan fingerprint density at radius 1 is 0.333 bits per heavy atom. The minimum absolute atomic E-state index is 0.0975. The van der Waals surface area contributed by atoms with Crippen LogP contribution < -0.4 is 5.32 Å². The number of aliphatic hydroxyl groups excluding tert-OH is 2. The summed E-state index contributed by atoms with van der Waals surface area (Å²) in [5.74, 6) is -0.0975. The van der Waals surface area contributed by atoms with E-state index in [2.05, 4.69) is 165 Å². The largest absolute Gasteiger partial charge is 0.394 e. The van der Waals surface area contributed by atoms with Gasteiger partial charge in [0, 0.05) is 6.42 Å². The third-order valence-electron chi connectivity index (χ3n) is 13.2. The van der Waals surface area contributed by atoms with Gasteiger partial charge < -0.3 is 15.5 Å². The maximum Gasteiger partial charge on any atom is 0.220 e. The summed E-state index contributed by atoms with van der Waals surface area (Å²) in [5.41, 5.74) is 0. The van der Waals surface area contributed by atoms with E-state index in [1.807, 2.05) is 6.08 Å². The molecule has 75 heavy (non-hydrogen) atoms. The van der Waals surface area contributed by atoms with Crippen molar-refractivity contribution in [2.75, 3.05) is 6.61 Å². The minimum Gasteiger partial charge on any atom is -0.394 e. The van der Waals surface area contributed by atoms with E-state index in [1.54, 1.807) is 6.08 Å². The monoisotopic (exact) mass is 1030 g/mol. The van der Waals surface area contributed by atoms with Gasteiger partial charge in [0.2, 0.25) is 5.91 Å². The first-order valence-electron chi connectivity index (χ1n) is 31.2. The predicted molar refractivity (Wildman–Crippen MR) is 335 cm³/mol. The van der Waals surface area contributed by atoms with Crippen LogP contribution >= 0.6 is 0 Å². The van der Waals surface area contributed by atoms with E-state index in [1.165, 1.54) is 128 Å². The third-order valence-corrected chi connectivity index (χ3v) is 13.2. The molecule has 4 nitrogen and oxygen atoms in total. The van der Waals surface area contributed by atoms with Crippen molar-refractivity contribution in [1.82, 2.24) is 5.32 Å². The third kappa shape index (κ3) is 60.7. The van der Waals surface area contributed by atoms with Crippen LogP contribution in [0.15, 0.2) is 158 Å². The molecule has 0 aromatic carbocycles. The van der Waals surface area contributed by atoms with Crippen molar-refractivity contribution < 1.29 is 15.0 Å². The number of aliphatic hydroxyl groups is 2. The lowest BCUT2D eigenvalue weighted by atomic mass is 10.0. The molecule has 3 N–H and O–H groups in total. The molecule has 0 aliphatic heterocycles. The maximum absolute atomic E-state index is 12.5. The Morgan fingerprint density at radius 2 is 0.600 bits per heavy atom.